The van der Waals surface area contributed by atoms with E-state index in [1.165, 1.54) is 0 Å². The minimum atomic E-state index is -0.849. The minimum absolute atomic E-state index is 0.140. The van der Waals surface area contributed by atoms with Crippen LogP contribution in [0.2, 0.25) is 0 Å². The van der Waals surface area contributed by atoms with Crippen LogP contribution in [-0.4, -0.2) is 17.3 Å². The summed E-state index contributed by atoms with van der Waals surface area (Å²) >= 11 is 0. The quantitative estimate of drug-likeness (QED) is 0.592. The van der Waals surface area contributed by atoms with Gasteiger partial charge in [0.1, 0.15) is 5.92 Å². The molecule has 0 saturated heterocycles. The maximum absolute atomic E-state index is 13.3. The van der Waals surface area contributed by atoms with Crippen LogP contribution in [0.1, 0.15) is 40.1 Å². The van der Waals surface area contributed by atoms with Crippen molar-refractivity contribution >= 4 is 33.7 Å². The van der Waals surface area contributed by atoms with Gasteiger partial charge in [-0.15, -0.1) is 0 Å². The fraction of sp³-hybridized carbons (Fsp3) is 0.174. The first kappa shape index (κ1) is 15.2. The zero-order valence-corrected chi connectivity index (χ0v) is 14.6. The molecule has 0 saturated carbocycles. The van der Waals surface area contributed by atoms with Crippen molar-refractivity contribution in [2.24, 2.45) is 10.9 Å². The van der Waals surface area contributed by atoms with Gasteiger partial charge >= 0.3 is 0 Å². The van der Waals surface area contributed by atoms with Crippen molar-refractivity contribution in [2.45, 2.75) is 19.3 Å². The number of para-hydroxylation sites is 1. The van der Waals surface area contributed by atoms with Crippen LogP contribution < -0.4 is 0 Å². The van der Waals surface area contributed by atoms with E-state index in [0.29, 0.717) is 16.8 Å². The highest BCUT2D eigenvalue weighted by Crippen LogP contribution is 2.44. The van der Waals surface area contributed by atoms with Crippen molar-refractivity contribution in [3.63, 3.8) is 0 Å². The van der Waals surface area contributed by atoms with Crippen LogP contribution >= 0.6 is 0 Å². The second kappa shape index (κ2) is 4.98. The molecule has 3 heteroatoms. The Hall–Kier alpha value is -3.07. The molecule has 3 aromatic rings. The number of ketones is 2. The predicted molar refractivity (Wildman–Crippen MR) is 103 cm³/mol. The summed E-state index contributed by atoms with van der Waals surface area (Å²) in [7, 11) is 0. The van der Waals surface area contributed by atoms with Gasteiger partial charge in [0.2, 0.25) is 0 Å². The van der Waals surface area contributed by atoms with E-state index in [4.69, 9.17) is 4.99 Å². The minimum Gasteiger partial charge on any atom is -0.293 e. The van der Waals surface area contributed by atoms with E-state index in [1.54, 1.807) is 0 Å². The topological polar surface area (TPSA) is 46.5 Å². The fourth-order valence-corrected chi connectivity index (χ4v) is 4.36. The van der Waals surface area contributed by atoms with E-state index in [0.717, 1.165) is 22.0 Å². The molecule has 2 aliphatic rings. The summed E-state index contributed by atoms with van der Waals surface area (Å²) in [5.74, 6) is -1.13. The first-order valence-electron chi connectivity index (χ1n) is 8.79. The van der Waals surface area contributed by atoms with Crippen LogP contribution in [0.15, 0.2) is 65.7 Å². The summed E-state index contributed by atoms with van der Waals surface area (Å²) in [6.45, 7) is 4.08. The molecule has 0 unspecified atom stereocenters. The number of nitrogens with zero attached hydrogens (tertiary/aromatic N) is 1. The van der Waals surface area contributed by atoms with Crippen molar-refractivity contribution < 1.29 is 9.59 Å². The third-order valence-electron chi connectivity index (χ3n) is 5.69. The molecule has 0 atom stereocenters. The average molecular weight is 339 g/mol. The fourth-order valence-electron chi connectivity index (χ4n) is 4.36. The number of carbonyl (C=O) groups is 2. The maximum atomic E-state index is 13.3. The van der Waals surface area contributed by atoms with Gasteiger partial charge in [-0.05, 0) is 17.0 Å². The molecule has 0 radical (unpaired) electrons. The summed E-state index contributed by atoms with van der Waals surface area (Å²) in [6.07, 6.45) is 0. The lowest BCUT2D eigenvalue weighted by Gasteiger charge is -2.30. The molecular weight excluding hydrogens is 322 g/mol. The Morgan fingerprint density at radius 3 is 2.04 bits per heavy atom. The highest BCUT2D eigenvalue weighted by atomic mass is 16.2. The van der Waals surface area contributed by atoms with Gasteiger partial charge in [-0.2, -0.15) is 0 Å². The number of hydrogen-bond donors (Lipinski definition) is 0. The summed E-state index contributed by atoms with van der Waals surface area (Å²) in [5, 5.41) is 1.70. The van der Waals surface area contributed by atoms with E-state index >= 15 is 0 Å². The standard InChI is InChI=1S/C23H17NO2/c1-23(2)16-11-3-4-12-17(16)24-22(23)19-20(25)14-9-5-7-13-8-6-10-15(18(13)14)21(19)26/h3-12,19H,1-2H3. The van der Waals surface area contributed by atoms with E-state index in [-0.39, 0.29) is 11.6 Å². The summed E-state index contributed by atoms with van der Waals surface area (Å²) < 4.78 is 0. The van der Waals surface area contributed by atoms with Crippen molar-refractivity contribution in [1.82, 2.24) is 0 Å². The average Bonchev–Trinajstić information content (AvgIpc) is 2.91. The first-order valence-corrected chi connectivity index (χ1v) is 8.79. The third kappa shape index (κ3) is 1.80. The second-order valence-corrected chi connectivity index (χ2v) is 7.51. The molecule has 0 N–H and O–H groups in total. The molecule has 0 aromatic heterocycles. The Morgan fingerprint density at radius 2 is 1.42 bits per heavy atom. The summed E-state index contributed by atoms with van der Waals surface area (Å²) in [5.41, 5.74) is 3.36. The van der Waals surface area contributed by atoms with E-state index in [1.807, 2.05) is 74.5 Å². The Balaban J connectivity index is 1.74. The van der Waals surface area contributed by atoms with Gasteiger partial charge < -0.3 is 0 Å². The number of hydrogen-bond acceptors (Lipinski definition) is 3. The summed E-state index contributed by atoms with van der Waals surface area (Å²) in [4.78, 5) is 31.4. The van der Waals surface area contributed by atoms with Crippen molar-refractivity contribution in [2.75, 3.05) is 0 Å². The van der Waals surface area contributed by atoms with Crippen molar-refractivity contribution in [1.29, 1.82) is 0 Å². The number of carbonyl (C=O) groups excluding carboxylic acids is 2. The zero-order chi connectivity index (χ0) is 18.1. The normalized spacial score (nSPS) is 18.2. The van der Waals surface area contributed by atoms with Gasteiger partial charge in [0.25, 0.3) is 0 Å². The maximum Gasteiger partial charge on any atom is 0.180 e. The van der Waals surface area contributed by atoms with Gasteiger partial charge in [-0.3, -0.25) is 14.6 Å². The van der Waals surface area contributed by atoms with E-state index in [2.05, 4.69) is 0 Å². The molecule has 0 bridgehead atoms. The highest BCUT2D eigenvalue weighted by molar-refractivity contribution is 6.39. The van der Waals surface area contributed by atoms with Crippen LogP contribution in [0, 0.1) is 5.92 Å². The first-order chi connectivity index (χ1) is 12.5. The smallest absolute Gasteiger partial charge is 0.180 e. The molecule has 3 nitrogen and oxygen atoms in total. The SMILES string of the molecule is CC1(C)C(C2C(=O)c3cccc4cccc(c34)C2=O)=Nc2ccccc21. The zero-order valence-electron chi connectivity index (χ0n) is 14.6. The van der Waals surface area contributed by atoms with Gasteiger partial charge in [-0.25, -0.2) is 0 Å². The molecule has 5 rings (SSSR count). The largest absolute Gasteiger partial charge is 0.293 e. The number of Topliss-reactive ketones (excluding diaryl/α,β-unsaturated/α-hetero) is 2. The highest BCUT2D eigenvalue weighted by Gasteiger charge is 2.47. The Morgan fingerprint density at radius 1 is 0.808 bits per heavy atom. The molecule has 126 valence electrons. The lowest BCUT2D eigenvalue weighted by atomic mass is 9.69. The number of rotatable bonds is 1. The van der Waals surface area contributed by atoms with Crippen molar-refractivity contribution in [3.8, 4) is 0 Å². The van der Waals surface area contributed by atoms with Crippen LogP contribution in [0.25, 0.3) is 10.8 Å². The molecule has 0 amide bonds. The van der Waals surface area contributed by atoms with Gasteiger partial charge in [0, 0.05) is 27.6 Å². The van der Waals surface area contributed by atoms with Gasteiger partial charge in [-0.1, -0.05) is 68.4 Å². The van der Waals surface area contributed by atoms with Crippen LogP contribution in [-0.2, 0) is 5.41 Å². The van der Waals surface area contributed by atoms with Crippen LogP contribution in [0.4, 0.5) is 5.69 Å². The monoisotopic (exact) mass is 339 g/mol. The Kier molecular flexibility index (Phi) is 2.91. The molecule has 1 aliphatic heterocycles. The summed E-state index contributed by atoms with van der Waals surface area (Å²) in [6, 6.07) is 19.2. The van der Waals surface area contributed by atoms with E-state index in [9.17, 15) is 9.59 Å². The Bertz CT molecular complexity index is 1100. The molecular formula is C23H17NO2. The predicted octanol–water partition coefficient (Wildman–Crippen LogP) is 4.90. The molecule has 0 fully saturated rings. The molecule has 26 heavy (non-hydrogen) atoms. The lowest BCUT2D eigenvalue weighted by molar-refractivity contribution is 0.0845. The molecule has 0 spiro atoms. The lowest BCUT2D eigenvalue weighted by Crippen LogP contribution is -2.42. The number of aliphatic imine (C=N–C) groups is 1. The number of benzene rings is 3. The molecule has 1 aliphatic carbocycles. The Labute approximate surface area is 151 Å². The third-order valence-corrected chi connectivity index (χ3v) is 5.69. The second-order valence-electron chi connectivity index (χ2n) is 7.51. The van der Waals surface area contributed by atoms with Gasteiger partial charge in [0.15, 0.2) is 11.6 Å². The van der Waals surface area contributed by atoms with Crippen LogP contribution in [0.5, 0.6) is 0 Å². The number of fused-ring (bicyclic) bond motifs is 1. The molecule has 1 heterocycles. The van der Waals surface area contributed by atoms with Gasteiger partial charge in [0.05, 0.1) is 5.69 Å². The molecule has 3 aromatic carbocycles. The van der Waals surface area contributed by atoms with Crippen molar-refractivity contribution in [3.05, 3.63) is 77.4 Å². The van der Waals surface area contributed by atoms with Crippen LogP contribution in [0.3, 0.4) is 0 Å². The van der Waals surface area contributed by atoms with E-state index < -0.39 is 11.3 Å².